The third-order valence-electron chi connectivity index (χ3n) is 11.3. The van der Waals surface area contributed by atoms with Crippen LogP contribution in [0.5, 0.6) is 0 Å². The van der Waals surface area contributed by atoms with Crippen LogP contribution in [0, 0.1) is 5.92 Å². The van der Waals surface area contributed by atoms with Crippen molar-refractivity contribution >= 4 is 48.3 Å². The van der Waals surface area contributed by atoms with Crippen LogP contribution in [0.15, 0.2) is 72.0 Å². The van der Waals surface area contributed by atoms with E-state index in [-0.39, 0.29) is 43.2 Å². The summed E-state index contributed by atoms with van der Waals surface area (Å²) in [4.78, 5) is 60.6. The van der Waals surface area contributed by atoms with Gasteiger partial charge in [0, 0.05) is 52.9 Å². The fourth-order valence-corrected chi connectivity index (χ4v) is 11.3. The fourth-order valence-electron chi connectivity index (χ4n) is 8.77. The Kier molecular flexibility index (Phi) is 11.0. The highest BCUT2D eigenvalue weighted by atomic mass is 28.4. The highest BCUT2D eigenvalue weighted by Gasteiger charge is 2.66. The summed E-state index contributed by atoms with van der Waals surface area (Å²) in [6.45, 7) is 12.7. The summed E-state index contributed by atoms with van der Waals surface area (Å²) in [7, 11) is -3.01. The zero-order valence-electron chi connectivity index (χ0n) is 31.4. The number of hydrogen-bond donors (Lipinski definition) is 4. The first-order chi connectivity index (χ1) is 24.7. The van der Waals surface area contributed by atoms with E-state index >= 15 is 0 Å². The topological polar surface area (TPSA) is 135 Å². The Balaban J connectivity index is 1.34. The van der Waals surface area contributed by atoms with Crippen molar-refractivity contribution in [3.05, 3.63) is 83.1 Å². The molecular formula is C41H54N4O6Si. The Morgan fingerprint density at radius 1 is 1.13 bits per heavy atom. The van der Waals surface area contributed by atoms with Crippen LogP contribution in [0.1, 0.15) is 70.9 Å². The summed E-state index contributed by atoms with van der Waals surface area (Å²) in [5.74, 6) is -1.01. The van der Waals surface area contributed by atoms with Gasteiger partial charge in [0.05, 0.1) is 37.3 Å². The molecule has 5 atom stereocenters. The van der Waals surface area contributed by atoms with Gasteiger partial charge in [-0.2, -0.15) is 0 Å². The molecule has 0 radical (unpaired) electrons. The molecule has 4 N–H and O–H groups in total. The molecular weight excluding hydrogens is 673 g/mol. The number of fused-ring (bicyclic) bond motifs is 3. The highest BCUT2D eigenvalue weighted by molar-refractivity contribution is 6.71. The minimum Gasteiger partial charge on any atom is -0.432 e. The van der Waals surface area contributed by atoms with E-state index in [4.69, 9.17) is 4.74 Å². The van der Waals surface area contributed by atoms with Gasteiger partial charge >= 0.3 is 0 Å². The first-order valence-electron chi connectivity index (χ1n) is 18.7. The van der Waals surface area contributed by atoms with Gasteiger partial charge in [0.15, 0.2) is 13.9 Å². The number of aromatic nitrogens is 1. The van der Waals surface area contributed by atoms with Crippen LogP contribution >= 0.6 is 0 Å². The molecule has 4 heterocycles. The van der Waals surface area contributed by atoms with Crippen LogP contribution < -0.4 is 10.2 Å². The van der Waals surface area contributed by atoms with Gasteiger partial charge < -0.3 is 34.7 Å². The Morgan fingerprint density at radius 2 is 1.90 bits per heavy atom. The van der Waals surface area contributed by atoms with Crippen LogP contribution in [0.3, 0.4) is 0 Å². The number of anilines is 2. The number of rotatable bonds is 12. The van der Waals surface area contributed by atoms with E-state index in [0.717, 1.165) is 42.1 Å². The summed E-state index contributed by atoms with van der Waals surface area (Å²) in [5.41, 5.74) is 4.28. The molecule has 3 aliphatic heterocycles. The standard InChI is InChI=1S/C41H54N4O6Si/c1-26(2)11-9-12-27(3)18-20-45-35-17-16-30(43-37(47)21-29-24-42-34-15-8-7-14-32(29)34)22-33(35)41(40(45)49)28(4)39(52(5,6)50)36(51-41)23-38(48)44-19-10-13-31(44)25-46/h7-8,11,14-18,22,24,28,31,36,39,42,46,50H,9-10,12-13,19-21,23,25H2,1-6H3,(H,43,47)/b27-18+/t28-,31-,36+,39-,41+/m0/s1. The number of ether oxygens (including phenoxy) is 1. The molecule has 278 valence electrons. The number of para-hydroxylation sites is 1. The average Bonchev–Trinajstić information content (AvgIpc) is 3.84. The molecule has 0 unspecified atom stereocenters. The molecule has 3 amide bonds. The summed E-state index contributed by atoms with van der Waals surface area (Å²) in [6.07, 6.45) is 8.99. The number of carbonyl (C=O) groups is 3. The zero-order valence-corrected chi connectivity index (χ0v) is 32.4. The van der Waals surface area contributed by atoms with E-state index < -0.39 is 31.5 Å². The molecule has 0 bridgehead atoms. The number of hydrogen-bond acceptors (Lipinski definition) is 6. The van der Waals surface area contributed by atoms with E-state index in [1.807, 2.05) is 68.7 Å². The first kappa shape index (κ1) is 37.7. The van der Waals surface area contributed by atoms with Crippen LogP contribution in [0.25, 0.3) is 10.9 Å². The third kappa shape index (κ3) is 7.28. The number of aliphatic hydroxyl groups is 1. The van der Waals surface area contributed by atoms with Crippen molar-refractivity contribution in [3.8, 4) is 0 Å². The average molecular weight is 727 g/mol. The lowest BCUT2D eigenvalue weighted by Crippen LogP contribution is -2.46. The number of nitrogens with one attached hydrogen (secondary N) is 2. The Hall–Kier alpha value is -4.03. The minimum atomic E-state index is -3.01. The molecule has 3 aromatic rings. The Morgan fingerprint density at radius 3 is 2.63 bits per heavy atom. The van der Waals surface area contributed by atoms with Crippen molar-refractivity contribution in [2.24, 2.45) is 5.92 Å². The largest absolute Gasteiger partial charge is 0.432 e. The van der Waals surface area contributed by atoms with Crippen molar-refractivity contribution in [1.29, 1.82) is 0 Å². The maximum Gasteiger partial charge on any atom is 0.264 e. The predicted molar refractivity (Wildman–Crippen MR) is 207 cm³/mol. The lowest BCUT2D eigenvalue weighted by atomic mass is 9.82. The normalized spacial score (nSPS) is 24.6. The summed E-state index contributed by atoms with van der Waals surface area (Å²) < 4.78 is 6.95. The van der Waals surface area contributed by atoms with Crippen LogP contribution in [-0.2, 0) is 31.1 Å². The molecule has 0 saturated carbocycles. The number of allylic oxidation sites excluding steroid dienone is 3. The SMILES string of the molecule is CC(C)=CCC/C(C)=C/CN1C(=O)[C@]2(O[C@H](CC(=O)N3CCC[C@H]3CO)[C@@H]([Si](C)(C)O)[C@@H]2C)c2cc(NC(=O)Cc3c[nH]c4ccccc34)ccc21. The van der Waals surface area contributed by atoms with E-state index in [0.29, 0.717) is 30.0 Å². The van der Waals surface area contributed by atoms with E-state index in [2.05, 4.69) is 43.2 Å². The second-order valence-electron chi connectivity index (χ2n) is 15.7. The number of aliphatic hydroxyl groups excluding tert-OH is 1. The number of carbonyl (C=O) groups excluding carboxylic acids is 3. The van der Waals surface area contributed by atoms with Crippen molar-refractivity contribution < 1.29 is 29.0 Å². The zero-order chi connectivity index (χ0) is 37.4. The number of aromatic amines is 1. The van der Waals surface area contributed by atoms with Gasteiger partial charge in [-0.1, -0.05) is 48.4 Å². The number of benzene rings is 2. The van der Waals surface area contributed by atoms with E-state index in [1.165, 1.54) is 11.1 Å². The lowest BCUT2D eigenvalue weighted by molar-refractivity contribution is -0.149. The van der Waals surface area contributed by atoms with Crippen LogP contribution in [0.4, 0.5) is 11.4 Å². The highest BCUT2D eigenvalue weighted by Crippen LogP contribution is 2.60. The smallest absolute Gasteiger partial charge is 0.264 e. The molecule has 2 aromatic carbocycles. The number of nitrogens with zero attached hydrogens (tertiary/aromatic N) is 2. The second-order valence-corrected chi connectivity index (χ2v) is 19.7. The lowest BCUT2D eigenvalue weighted by Gasteiger charge is -2.32. The van der Waals surface area contributed by atoms with Crippen molar-refractivity contribution in [2.75, 3.05) is 29.9 Å². The number of H-pyrrole nitrogens is 1. The molecule has 3 aliphatic rings. The molecule has 1 aromatic heterocycles. The van der Waals surface area contributed by atoms with Gasteiger partial charge in [-0.3, -0.25) is 14.4 Å². The summed E-state index contributed by atoms with van der Waals surface area (Å²) in [5, 5.41) is 14.0. The number of amides is 3. The fraction of sp³-hybridized carbons (Fsp3) is 0.488. The van der Waals surface area contributed by atoms with Gasteiger partial charge in [-0.25, -0.2) is 0 Å². The molecule has 10 nitrogen and oxygen atoms in total. The molecule has 6 rings (SSSR count). The van der Waals surface area contributed by atoms with Gasteiger partial charge in [-0.05, 0) is 89.4 Å². The summed E-state index contributed by atoms with van der Waals surface area (Å²) >= 11 is 0. The minimum absolute atomic E-state index is 0.0112. The quantitative estimate of drug-likeness (QED) is 0.123. The monoisotopic (exact) mass is 726 g/mol. The van der Waals surface area contributed by atoms with Crippen molar-refractivity contribution in [2.45, 2.75) is 103 Å². The maximum absolute atomic E-state index is 14.9. The van der Waals surface area contributed by atoms with E-state index in [1.54, 1.807) is 9.80 Å². The van der Waals surface area contributed by atoms with E-state index in [9.17, 15) is 24.3 Å². The summed E-state index contributed by atoms with van der Waals surface area (Å²) in [6, 6.07) is 13.2. The van der Waals surface area contributed by atoms with Gasteiger partial charge in [0.2, 0.25) is 11.8 Å². The van der Waals surface area contributed by atoms with Crippen LogP contribution in [-0.4, -0.2) is 77.7 Å². The van der Waals surface area contributed by atoms with Crippen LogP contribution in [0.2, 0.25) is 18.6 Å². The number of likely N-dealkylation sites (tertiary alicyclic amines) is 1. The van der Waals surface area contributed by atoms with Crippen molar-refractivity contribution in [1.82, 2.24) is 9.88 Å². The Labute approximate surface area is 308 Å². The second kappa shape index (κ2) is 15.1. The van der Waals surface area contributed by atoms with Gasteiger partial charge in [0.1, 0.15) is 0 Å². The molecule has 1 spiro atoms. The molecule has 52 heavy (non-hydrogen) atoms. The Bertz CT molecular complexity index is 1890. The van der Waals surface area contributed by atoms with Gasteiger partial charge in [-0.15, -0.1) is 0 Å². The van der Waals surface area contributed by atoms with Gasteiger partial charge in [0.25, 0.3) is 5.91 Å². The third-order valence-corrected chi connectivity index (χ3v) is 13.8. The molecule has 0 aliphatic carbocycles. The predicted octanol–water partition coefficient (Wildman–Crippen LogP) is 6.56. The molecule has 11 heteroatoms. The maximum atomic E-state index is 14.9. The molecule has 2 fully saturated rings. The molecule has 2 saturated heterocycles. The van der Waals surface area contributed by atoms with Crippen molar-refractivity contribution in [3.63, 3.8) is 0 Å². The first-order valence-corrected chi connectivity index (χ1v) is 21.7.